The number of aromatic nitrogens is 1. The molecule has 6 nitrogen and oxygen atoms in total. The van der Waals surface area contributed by atoms with E-state index < -0.39 is 16.0 Å². The SMILES string of the molecule is CC(C)c1cccc2c(-c3ccc(S(=O)(=O)N(C)C)cc3)c(C(=O)O)[nH]c12. The van der Waals surface area contributed by atoms with Crippen LogP contribution in [-0.4, -0.2) is 42.9 Å². The molecule has 2 aromatic carbocycles. The Balaban J connectivity index is 2.24. The van der Waals surface area contributed by atoms with E-state index in [-0.39, 0.29) is 16.5 Å². The van der Waals surface area contributed by atoms with Crippen LogP contribution in [0.5, 0.6) is 0 Å². The van der Waals surface area contributed by atoms with Crippen LogP contribution in [0.1, 0.15) is 35.8 Å². The Morgan fingerprint density at radius 3 is 2.22 bits per heavy atom. The molecule has 7 heteroatoms. The van der Waals surface area contributed by atoms with E-state index in [1.807, 2.05) is 18.2 Å². The molecule has 0 saturated carbocycles. The minimum Gasteiger partial charge on any atom is -0.477 e. The van der Waals surface area contributed by atoms with E-state index in [1.165, 1.54) is 26.2 Å². The van der Waals surface area contributed by atoms with Gasteiger partial charge in [0, 0.05) is 25.0 Å². The maximum absolute atomic E-state index is 12.3. The zero-order valence-corrected chi connectivity index (χ0v) is 16.5. The van der Waals surface area contributed by atoms with Crippen LogP contribution in [-0.2, 0) is 10.0 Å². The van der Waals surface area contributed by atoms with Crippen LogP contribution < -0.4 is 0 Å². The summed E-state index contributed by atoms with van der Waals surface area (Å²) in [5.74, 6) is -0.824. The summed E-state index contributed by atoms with van der Waals surface area (Å²) in [6, 6.07) is 12.1. The maximum atomic E-state index is 12.3. The monoisotopic (exact) mass is 386 g/mol. The molecule has 0 aliphatic heterocycles. The summed E-state index contributed by atoms with van der Waals surface area (Å²) < 4.78 is 25.7. The van der Waals surface area contributed by atoms with E-state index in [4.69, 9.17) is 0 Å². The summed E-state index contributed by atoms with van der Waals surface area (Å²) in [4.78, 5) is 15.0. The van der Waals surface area contributed by atoms with Gasteiger partial charge in [-0.1, -0.05) is 44.2 Å². The van der Waals surface area contributed by atoms with E-state index in [0.717, 1.165) is 20.8 Å². The fraction of sp³-hybridized carbons (Fsp3) is 0.250. The Morgan fingerprint density at radius 1 is 1.07 bits per heavy atom. The molecular weight excluding hydrogens is 364 g/mol. The molecule has 0 aliphatic rings. The molecule has 0 unspecified atom stereocenters. The fourth-order valence-electron chi connectivity index (χ4n) is 3.19. The molecule has 0 bridgehead atoms. The largest absolute Gasteiger partial charge is 0.477 e. The van der Waals surface area contributed by atoms with Gasteiger partial charge in [0.2, 0.25) is 10.0 Å². The number of nitrogens with one attached hydrogen (secondary N) is 1. The van der Waals surface area contributed by atoms with Crippen molar-refractivity contribution >= 4 is 26.9 Å². The van der Waals surface area contributed by atoms with Gasteiger partial charge >= 0.3 is 5.97 Å². The van der Waals surface area contributed by atoms with Crippen LogP contribution in [0.4, 0.5) is 0 Å². The summed E-state index contributed by atoms with van der Waals surface area (Å²) in [5, 5.41) is 10.5. The van der Waals surface area contributed by atoms with Gasteiger partial charge in [0.15, 0.2) is 0 Å². The molecule has 0 spiro atoms. The third-order valence-electron chi connectivity index (χ3n) is 4.62. The number of carboxylic acids is 1. The zero-order chi connectivity index (χ0) is 19.9. The number of hydrogen-bond acceptors (Lipinski definition) is 3. The smallest absolute Gasteiger partial charge is 0.352 e. The molecule has 27 heavy (non-hydrogen) atoms. The highest BCUT2D eigenvalue weighted by Gasteiger charge is 2.22. The highest BCUT2D eigenvalue weighted by atomic mass is 32.2. The van der Waals surface area contributed by atoms with Crippen molar-refractivity contribution in [3.63, 3.8) is 0 Å². The second kappa shape index (κ2) is 6.83. The highest BCUT2D eigenvalue weighted by molar-refractivity contribution is 7.89. The molecule has 1 heterocycles. The van der Waals surface area contributed by atoms with Gasteiger partial charge in [0.1, 0.15) is 5.69 Å². The minimum absolute atomic E-state index is 0.0984. The maximum Gasteiger partial charge on any atom is 0.352 e. The number of benzene rings is 2. The Kier molecular flexibility index (Phi) is 4.84. The second-order valence-electron chi connectivity index (χ2n) is 6.92. The number of sulfonamides is 1. The van der Waals surface area contributed by atoms with Gasteiger partial charge in [-0.3, -0.25) is 0 Å². The number of aromatic carboxylic acids is 1. The molecule has 0 amide bonds. The molecule has 0 fully saturated rings. The van der Waals surface area contributed by atoms with Crippen molar-refractivity contribution in [2.24, 2.45) is 0 Å². The molecule has 142 valence electrons. The number of hydrogen-bond donors (Lipinski definition) is 2. The average molecular weight is 386 g/mol. The number of rotatable bonds is 5. The summed E-state index contributed by atoms with van der Waals surface area (Å²) >= 11 is 0. The fourth-order valence-corrected chi connectivity index (χ4v) is 4.09. The first kappa shape index (κ1) is 19.1. The van der Waals surface area contributed by atoms with Gasteiger partial charge in [0.05, 0.1) is 10.4 Å². The van der Waals surface area contributed by atoms with Gasteiger partial charge in [-0.15, -0.1) is 0 Å². The van der Waals surface area contributed by atoms with E-state index >= 15 is 0 Å². The Labute approximate surface area is 158 Å². The van der Waals surface area contributed by atoms with E-state index in [1.54, 1.807) is 12.1 Å². The van der Waals surface area contributed by atoms with Gasteiger partial charge in [-0.05, 0) is 29.2 Å². The Hall–Kier alpha value is -2.64. The number of nitrogens with zero attached hydrogens (tertiary/aromatic N) is 1. The highest BCUT2D eigenvalue weighted by Crippen LogP contribution is 2.36. The van der Waals surface area contributed by atoms with Crippen LogP contribution >= 0.6 is 0 Å². The number of carboxylic acid groups (broad SMARTS) is 1. The van der Waals surface area contributed by atoms with Crippen molar-refractivity contribution in [2.75, 3.05) is 14.1 Å². The summed E-state index contributed by atoms with van der Waals surface area (Å²) in [6.45, 7) is 4.10. The lowest BCUT2D eigenvalue weighted by Crippen LogP contribution is -2.22. The lowest BCUT2D eigenvalue weighted by atomic mass is 9.97. The van der Waals surface area contributed by atoms with Crippen molar-refractivity contribution in [3.05, 3.63) is 53.7 Å². The van der Waals surface area contributed by atoms with Crippen molar-refractivity contribution < 1.29 is 18.3 Å². The Bertz CT molecular complexity index is 1110. The van der Waals surface area contributed by atoms with Crippen molar-refractivity contribution in [1.82, 2.24) is 9.29 Å². The predicted octanol–water partition coefficient (Wildman–Crippen LogP) is 3.91. The van der Waals surface area contributed by atoms with Crippen LogP contribution in [0.25, 0.3) is 22.0 Å². The van der Waals surface area contributed by atoms with Gasteiger partial charge in [-0.2, -0.15) is 0 Å². The van der Waals surface area contributed by atoms with Gasteiger partial charge in [0.25, 0.3) is 0 Å². The van der Waals surface area contributed by atoms with Crippen molar-refractivity contribution in [3.8, 4) is 11.1 Å². The van der Waals surface area contributed by atoms with Crippen LogP contribution in [0.3, 0.4) is 0 Å². The first-order valence-corrected chi connectivity index (χ1v) is 9.99. The van der Waals surface area contributed by atoms with E-state index in [2.05, 4.69) is 18.8 Å². The third-order valence-corrected chi connectivity index (χ3v) is 6.45. The van der Waals surface area contributed by atoms with E-state index in [0.29, 0.717) is 11.1 Å². The van der Waals surface area contributed by atoms with Crippen LogP contribution in [0.2, 0.25) is 0 Å². The molecule has 3 rings (SSSR count). The zero-order valence-electron chi connectivity index (χ0n) is 15.6. The molecule has 0 saturated heterocycles. The molecular formula is C20H22N2O4S. The van der Waals surface area contributed by atoms with Crippen molar-refractivity contribution in [2.45, 2.75) is 24.7 Å². The predicted molar refractivity (Wildman–Crippen MR) is 106 cm³/mol. The summed E-state index contributed by atoms with van der Waals surface area (Å²) in [5.41, 5.74) is 3.14. The molecule has 1 aromatic heterocycles. The second-order valence-corrected chi connectivity index (χ2v) is 9.07. The quantitative estimate of drug-likeness (QED) is 0.696. The topological polar surface area (TPSA) is 90.5 Å². The van der Waals surface area contributed by atoms with Gasteiger partial charge in [-0.25, -0.2) is 17.5 Å². The summed E-state index contributed by atoms with van der Waals surface area (Å²) in [6.07, 6.45) is 0. The normalized spacial score (nSPS) is 12.2. The summed E-state index contributed by atoms with van der Waals surface area (Å²) in [7, 11) is -0.598. The number of para-hydroxylation sites is 1. The van der Waals surface area contributed by atoms with E-state index in [9.17, 15) is 18.3 Å². The lowest BCUT2D eigenvalue weighted by Gasteiger charge is -2.12. The molecule has 0 radical (unpaired) electrons. The van der Waals surface area contributed by atoms with Gasteiger partial charge < -0.3 is 10.1 Å². The number of carbonyl (C=O) groups is 1. The lowest BCUT2D eigenvalue weighted by molar-refractivity contribution is 0.0692. The first-order valence-electron chi connectivity index (χ1n) is 8.55. The average Bonchev–Trinajstić information content (AvgIpc) is 3.01. The third kappa shape index (κ3) is 3.24. The number of H-pyrrole nitrogens is 1. The molecule has 2 N–H and O–H groups in total. The first-order chi connectivity index (χ1) is 12.6. The minimum atomic E-state index is -3.54. The molecule has 0 atom stereocenters. The van der Waals surface area contributed by atoms with Crippen molar-refractivity contribution in [1.29, 1.82) is 0 Å². The molecule has 3 aromatic rings. The Morgan fingerprint density at radius 2 is 1.70 bits per heavy atom. The number of aromatic amines is 1. The van der Waals surface area contributed by atoms with Crippen LogP contribution in [0.15, 0.2) is 47.4 Å². The number of fused-ring (bicyclic) bond motifs is 1. The standard InChI is InChI=1S/C20H22N2O4S/c1-12(2)15-6-5-7-16-17(19(20(23)24)21-18(15)16)13-8-10-14(11-9-13)27(25,26)22(3)4/h5-12,21H,1-4H3,(H,23,24). The van der Waals surface area contributed by atoms with Crippen LogP contribution in [0, 0.1) is 0 Å². The molecule has 0 aliphatic carbocycles.